The van der Waals surface area contributed by atoms with Gasteiger partial charge in [0.2, 0.25) is 0 Å². The minimum Gasteiger partial charge on any atom is -0.446 e. The van der Waals surface area contributed by atoms with Crippen LogP contribution in [0.4, 0.5) is 24.0 Å². The van der Waals surface area contributed by atoms with Crippen LogP contribution in [0.15, 0.2) is 147 Å². The van der Waals surface area contributed by atoms with E-state index >= 15 is 0 Å². The molecule has 12 aliphatic rings. The number of rotatable bonds is 21. The fourth-order valence-corrected chi connectivity index (χ4v) is 22.3. The van der Waals surface area contributed by atoms with E-state index in [0.29, 0.717) is 184 Å². The van der Waals surface area contributed by atoms with Gasteiger partial charge in [0.1, 0.15) is 35.1 Å². The van der Waals surface area contributed by atoms with Crippen molar-refractivity contribution >= 4 is 118 Å². The number of nitrogens with two attached hydrogens (primary N) is 1. The SMILES string of the molecule is COC1(C(=O)NC(C2=Cc3cccnc3C(N3CCN(C(=O)OC4CCN(C(=O)NC(C)(C)C)CC4)CC3)c3ccc(Cl)cc32)c2cncn2C)CC1.COC1(C(=O)NC(C2=Cc3cccnc3C(N3CCN(C(=O)OC4CCN(C(N)=O)CC4)CC3)c3ccc(Cl)cc32)c2cncn2C)CC1.COC1(C(=O)NC(C2=Cc3cccnc3C(N3CCN(C(=O)OC4CCNCC4)CC3)c3ccc(Cl)cc32)c2cncn2C)CC1. The largest absolute Gasteiger partial charge is 0.446 e. The first-order valence-corrected chi connectivity index (χ1v) is 52.3. The van der Waals surface area contributed by atoms with Gasteiger partial charge in [0.05, 0.1) is 108 Å². The van der Waals surface area contributed by atoms with Crippen LogP contribution in [0, 0.1) is 0 Å². The number of benzene rings is 3. The zero-order valence-corrected chi connectivity index (χ0v) is 87.3. The Kier molecular flexibility index (Phi) is 31.0. The smallest absolute Gasteiger partial charge is 0.410 e. The normalized spacial score (nSPS) is 21.2. The number of likely N-dealkylation sites (tertiary alicyclic amines) is 2. The minimum absolute atomic E-state index is 0.0302. The Bertz CT molecular complexity index is 6520. The van der Waals surface area contributed by atoms with Crippen molar-refractivity contribution < 1.29 is 66.8 Å². The van der Waals surface area contributed by atoms with Gasteiger partial charge in [0, 0.05) is 212 Å². The average Bonchev–Trinajstić information content (AvgIpc) is 1.58. The maximum absolute atomic E-state index is 13.7. The van der Waals surface area contributed by atoms with Crippen molar-refractivity contribution in [2.75, 3.05) is 139 Å². The Labute approximate surface area is 875 Å². The minimum atomic E-state index is -0.831. The summed E-state index contributed by atoms with van der Waals surface area (Å²) in [4.78, 5) is 149. The third-order valence-corrected chi connectivity index (χ3v) is 31.5. The highest BCUT2D eigenvalue weighted by Crippen LogP contribution is 2.52. The molecule has 40 heteroatoms. The van der Waals surface area contributed by atoms with Gasteiger partial charge in [-0.2, -0.15) is 0 Å². The molecule has 10 amide bonds. The quantitative estimate of drug-likeness (QED) is 0.0364. The molecule has 12 heterocycles. The summed E-state index contributed by atoms with van der Waals surface area (Å²) in [5.41, 5.74) is 19.0. The van der Waals surface area contributed by atoms with Gasteiger partial charge in [-0.15, -0.1) is 0 Å². The topological polar surface area (TPSA) is 396 Å². The summed E-state index contributed by atoms with van der Waals surface area (Å²) in [6.07, 6.45) is 28.9. The first-order valence-electron chi connectivity index (χ1n) is 51.2. The summed E-state index contributed by atoms with van der Waals surface area (Å²) in [5, 5.41) is 18.0. The van der Waals surface area contributed by atoms with E-state index in [2.05, 4.69) is 86.6 Å². The molecule has 6 saturated heterocycles. The second kappa shape index (κ2) is 44.2. The lowest BCUT2D eigenvalue weighted by atomic mass is 9.89. The van der Waals surface area contributed by atoms with E-state index in [1.807, 2.05) is 152 Å². The molecule has 3 saturated carbocycles. The molecule has 7 N–H and O–H groups in total. The van der Waals surface area contributed by atoms with E-state index in [1.54, 1.807) is 84.7 Å². The highest BCUT2D eigenvalue weighted by atomic mass is 35.5. The molecule has 0 spiro atoms. The number of halogens is 3. The predicted molar refractivity (Wildman–Crippen MR) is 557 cm³/mol. The first kappa shape index (κ1) is 104. The van der Waals surface area contributed by atoms with Crippen molar-refractivity contribution in [1.29, 1.82) is 0 Å². The monoisotopic (exact) mass is 2080 g/mol. The van der Waals surface area contributed by atoms with E-state index in [-0.39, 0.29) is 84.0 Å². The number of pyridine rings is 3. The van der Waals surface area contributed by atoms with Gasteiger partial charge in [-0.05, 0) is 225 Å². The summed E-state index contributed by atoms with van der Waals surface area (Å²) in [7, 11) is 10.5. The van der Waals surface area contributed by atoms with Crippen molar-refractivity contribution in [3.8, 4) is 0 Å². The number of urea groups is 2. The van der Waals surface area contributed by atoms with Crippen LogP contribution in [0.1, 0.15) is 218 Å². The van der Waals surface area contributed by atoms with Crippen molar-refractivity contribution in [2.45, 2.75) is 175 Å². The van der Waals surface area contributed by atoms with Crippen LogP contribution < -0.4 is 32.3 Å². The number of methoxy groups -OCH3 is 3. The van der Waals surface area contributed by atoms with Crippen LogP contribution in [-0.2, 0) is 63.9 Å². The van der Waals surface area contributed by atoms with Gasteiger partial charge >= 0.3 is 30.3 Å². The molecular formula is C108H130Cl3N23O14. The molecule has 6 aliphatic heterocycles. The molecule has 0 bridgehead atoms. The molecule has 782 valence electrons. The molecule has 9 fully saturated rings. The van der Waals surface area contributed by atoms with Crippen LogP contribution in [0.2, 0.25) is 15.1 Å². The maximum Gasteiger partial charge on any atom is 0.410 e. The van der Waals surface area contributed by atoms with Crippen molar-refractivity contribution in [3.63, 3.8) is 0 Å². The number of hydrogen-bond acceptors (Lipinski definition) is 24. The van der Waals surface area contributed by atoms with Crippen molar-refractivity contribution in [3.05, 3.63) is 246 Å². The molecule has 3 aromatic carbocycles. The third kappa shape index (κ3) is 22.5. The number of ether oxygens (including phenoxy) is 6. The molecule has 37 nitrogen and oxygen atoms in total. The highest BCUT2D eigenvalue weighted by molar-refractivity contribution is 6.31. The van der Waals surface area contributed by atoms with Gasteiger partial charge in [0.15, 0.2) is 0 Å². The van der Waals surface area contributed by atoms with E-state index in [9.17, 15) is 38.4 Å². The summed E-state index contributed by atoms with van der Waals surface area (Å²) in [6, 6.07) is 26.8. The number of aromatic nitrogens is 9. The van der Waals surface area contributed by atoms with Gasteiger partial charge in [-0.25, -0.2) is 38.9 Å². The molecule has 9 aromatic rings. The Morgan fingerprint density at radius 2 is 0.703 bits per heavy atom. The number of aryl methyl sites for hydroxylation is 3. The number of fused-ring (bicyclic) bond motifs is 6. The summed E-state index contributed by atoms with van der Waals surface area (Å²) in [5.74, 6) is -0.479. The predicted octanol–water partition coefficient (Wildman–Crippen LogP) is 12.9. The first-order chi connectivity index (χ1) is 71.4. The van der Waals surface area contributed by atoms with Gasteiger partial charge in [0.25, 0.3) is 17.7 Å². The number of carbonyl (C=O) groups is 8. The number of piperazine rings is 3. The van der Waals surface area contributed by atoms with Gasteiger partial charge in [-0.1, -0.05) is 71.2 Å². The Hall–Kier alpha value is -12.7. The summed E-state index contributed by atoms with van der Waals surface area (Å²) >= 11 is 20.1. The highest BCUT2D eigenvalue weighted by Gasteiger charge is 2.55. The van der Waals surface area contributed by atoms with E-state index in [4.69, 9.17) is 83.9 Å². The van der Waals surface area contributed by atoms with Gasteiger partial charge in [-0.3, -0.25) is 44.0 Å². The second-order valence-corrected chi connectivity index (χ2v) is 42.6. The molecule has 0 radical (unpaired) electrons. The third-order valence-electron chi connectivity index (χ3n) is 30.8. The zero-order valence-electron chi connectivity index (χ0n) is 85.0. The number of carbonyl (C=O) groups excluding carboxylic acids is 8. The number of imidazole rings is 3. The molecule has 6 aliphatic carbocycles. The van der Waals surface area contributed by atoms with Crippen LogP contribution >= 0.6 is 34.8 Å². The average molecular weight is 2080 g/mol. The molecule has 6 atom stereocenters. The maximum atomic E-state index is 13.7. The fraction of sp³-hybridized carbons (Fsp3) is 0.481. The Balaban J connectivity index is 0.000000140. The summed E-state index contributed by atoms with van der Waals surface area (Å²) < 4.78 is 40.4. The van der Waals surface area contributed by atoms with E-state index in [1.165, 1.54) is 0 Å². The van der Waals surface area contributed by atoms with Crippen LogP contribution in [0.3, 0.4) is 0 Å². The lowest BCUT2D eigenvalue weighted by Crippen LogP contribution is -2.53. The Morgan fingerprint density at radius 3 is 0.973 bits per heavy atom. The van der Waals surface area contributed by atoms with Crippen molar-refractivity contribution in [2.24, 2.45) is 26.9 Å². The van der Waals surface area contributed by atoms with E-state index in [0.717, 1.165) is 127 Å². The zero-order chi connectivity index (χ0) is 104. The molecule has 6 unspecified atom stereocenters. The second-order valence-electron chi connectivity index (χ2n) is 41.3. The molecule has 21 rings (SSSR count). The van der Waals surface area contributed by atoms with Crippen LogP contribution in [-0.4, -0.2) is 311 Å². The Morgan fingerprint density at radius 1 is 0.405 bits per heavy atom. The standard InChI is InChI=1S/C39H49ClN8O5.C35H41ClN8O5.C34H40ClN7O4/c1-38(2,3)44-36(50)47-15-10-27(11-16-47)53-37(51)48-19-17-46(18-20-48)34-28-9-8-26(40)22-29(28)30(21-25-7-6-14-42-32(25)34)33(31-23-41-24-45(31)4)43-35(49)39(52-5)12-13-39;1-41-21-38-20-28(41)30(40-32(45)35(48-2)9-10-35)27-18-22-4-3-11-39-29(22)31(25-6-5-23(36)19-26(25)27)42-14-16-44(17-15-42)34(47)49-24-7-12-43(13-8-24)33(37)46;1-40-21-37-20-28(40)30(39-32(43)34(45-2)9-10-34)27-18-22-4-3-11-38-29(22)31(25-6-5-23(35)19-26(25)27)41-14-16-42(17-15-41)33(44)46-24-7-12-36-13-8-24/h6-9,14,21-24,27,33-34H,10-13,15-20H2,1-5H3,(H,43,49)(H,44,50);3-6,11,18-21,24,30-31H,7-10,12-17H2,1-2H3,(H2,37,46)(H,40,45);3-6,11,18-21,24,30-31,36H,7-10,12-17H2,1-2H3,(H,39,43). The number of nitrogens with zero attached hydrogens (tertiary/aromatic N) is 17. The number of nitrogens with one attached hydrogen (secondary N) is 5. The van der Waals surface area contributed by atoms with Crippen molar-refractivity contribution in [1.82, 2.24) is 109 Å². The molecule has 6 aromatic heterocycles. The van der Waals surface area contributed by atoms with Crippen LogP contribution in [0.25, 0.3) is 34.9 Å². The lowest BCUT2D eigenvalue weighted by molar-refractivity contribution is -0.134. The number of amides is 10. The number of piperidine rings is 3. The number of primary amides is 1. The van der Waals surface area contributed by atoms with E-state index < -0.39 is 41.0 Å². The van der Waals surface area contributed by atoms with Crippen LogP contribution in [0.5, 0.6) is 0 Å². The summed E-state index contributed by atoms with van der Waals surface area (Å²) in [6.45, 7) is 16.4. The number of hydrogen-bond donors (Lipinski definition) is 6. The van der Waals surface area contributed by atoms with Gasteiger partial charge < -0.3 is 98.9 Å². The molecule has 148 heavy (non-hydrogen) atoms. The fourth-order valence-electron chi connectivity index (χ4n) is 21.8. The molecular weight excluding hydrogens is 1950 g/mol. The lowest BCUT2D eigenvalue weighted by Gasteiger charge is -2.40.